The summed E-state index contributed by atoms with van der Waals surface area (Å²) in [6.07, 6.45) is 3.38. The molecule has 0 bridgehead atoms. The van der Waals surface area contributed by atoms with Crippen LogP contribution in [0.4, 0.5) is 0 Å². The van der Waals surface area contributed by atoms with E-state index < -0.39 is 0 Å². The molecule has 0 spiro atoms. The van der Waals surface area contributed by atoms with Crippen LogP contribution in [0, 0.1) is 0 Å². The Bertz CT molecular complexity index is 322. The zero-order valence-corrected chi connectivity index (χ0v) is 8.49. The van der Waals surface area contributed by atoms with Gasteiger partial charge in [0.2, 0.25) is 0 Å². The van der Waals surface area contributed by atoms with E-state index in [2.05, 4.69) is 10.3 Å². The highest BCUT2D eigenvalue weighted by molar-refractivity contribution is 7.12. The molecule has 1 aromatic rings. The molecule has 13 heavy (non-hydrogen) atoms. The van der Waals surface area contributed by atoms with Crippen LogP contribution >= 0.6 is 22.9 Å². The molecule has 2 rings (SSSR count). The maximum atomic E-state index is 11.5. The van der Waals surface area contributed by atoms with Crippen LogP contribution in [0.2, 0.25) is 5.15 Å². The van der Waals surface area contributed by atoms with E-state index >= 15 is 0 Å². The van der Waals surface area contributed by atoms with Gasteiger partial charge < -0.3 is 5.32 Å². The van der Waals surface area contributed by atoms with E-state index in [1.54, 1.807) is 5.51 Å². The van der Waals surface area contributed by atoms with Gasteiger partial charge in [0, 0.05) is 6.04 Å². The van der Waals surface area contributed by atoms with Crippen LogP contribution in [0.3, 0.4) is 0 Å². The van der Waals surface area contributed by atoms with Crippen LogP contribution < -0.4 is 5.32 Å². The van der Waals surface area contributed by atoms with Crippen LogP contribution in [0.1, 0.15) is 28.9 Å². The van der Waals surface area contributed by atoms with Gasteiger partial charge in [-0.3, -0.25) is 4.79 Å². The van der Waals surface area contributed by atoms with Crippen LogP contribution in [0.25, 0.3) is 0 Å². The SMILES string of the molecule is O=C(NC1CCC1)c1scnc1Cl. The lowest BCUT2D eigenvalue weighted by molar-refractivity contribution is 0.0921. The molecule has 70 valence electrons. The van der Waals surface area contributed by atoms with Gasteiger partial charge >= 0.3 is 0 Å². The van der Waals surface area contributed by atoms with Crippen LogP contribution in [-0.2, 0) is 0 Å². The highest BCUT2D eigenvalue weighted by Crippen LogP contribution is 2.22. The Morgan fingerprint density at radius 1 is 1.69 bits per heavy atom. The molecular formula is C8H9ClN2OS. The summed E-state index contributed by atoms with van der Waals surface area (Å²) in [7, 11) is 0. The number of carbonyl (C=O) groups excluding carboxylic acids is 1. The largest absolute Gasteiger partial charge is 0.349 e. The van der Waals surface area contributed by atoms with Gasteiger partial charge in [0.25, 0.3) is 5.91 Å². The first-order valence-corrected chi connectivity index (χ1v) is 5.43. The van der Waals surface area contributed by atoms with Crippen molar-refractivity contribution in [3.8, 4) is 0 Å². The molecule has 0 radical (unpaired) electrons. The molecule has 1 aliphatic rings. The van der Waals surface area contributed by atoms with Gasteiger partial charge in [0.05, 0.1) is 5.51 Å². The van der Waals surface area contributed by atoms with Gasteiger partial charge in [-0.1, -0.05) is 11.6 Å². The maximum absolute atomic E-state index is 11.5. The molecule has 0 aromatic carbocycles. The van der Waals surface area contributed by atoms with Crippen LogP contribution in [-0.4, -0.2) is 16.9 Å². The van der Waals surface area contributed by atoms with Gasteiger partial charge in [0.15, 0.2) is 5.15 Å². The van der Waals surface area contributed by atoms with E-state index in [-0.39, 0.29) is 5.91 Å². The lowest BCUT2D eigenvalue weighted by atomic mass is 9.93. The Balaban J connectivity index is 2.00. The molecule has 5 heteroatoms. The summed E-state index contributed by atoms with van der Waals surface area (Å²) < 4.78 is 0. The van der Waals surface area contributed by atoms with Crippen LogP contribution in [0.15, 0.2) is 5.51 Å². The average Bonchev–Trinajstić information content (AvgIpc) is 2.43. The van der Waals surface area contributed by atoms with Crippen molar-refractivity contribution in [1.29, 1.82) is 0 Å². The summed E-state index contributed by atoms with van der Waals surface area (Å²) in [5.41, 5.74) is 1.58. The summed E-state index contributed by atoms with van der Waals surface area (Å²) in [4.78, 5) is 15.8. The third-order valence-corrected chi connectivity index (χ3v) is 3.39. The third-order valence-electron chi connectivity index (χ3n) is 2.17. The topological polar surface area (TPSA) is 42.0 Å². The molecule has 0 unspecified atom stereocenters. The van der Waals surface area contributed by atoms with E-state index in [0.717, 1.165) is 12.8 Å². The first kappa shape index (κ1) is 8.97. The van der Waals surface area contributed by atoms with Gasteiger partial charge in [-0.2, -0.15) is 0 Å². The highest BCUT2D eigenvalue weighted by atomic mass is 35.5. The van der Waals surface area contributed by atoms with E-state index in [0.29, 0.717) is 16.1 Å². The molecule has 1 N–H and O–H groups in total. The monoisotopic (exact) mass is 216 g/mol. The summed E-state index contributed by atoms with van der Waals surface area (Å²) in [5.74, 6) is -0.0859. The molecule has 0 saturated heterocycles. The van der Waals surface area contributed by atoms with Crippen molar-refractivity contribution in [3.63, 3.8) is 0 Å². The Hall–Kier alpha value is -0.610. The fourth-order valence-electron chi connectivity index (χ4n) is 1.18. The highest BCUT2D eigenvalue weighted by Gasteiger charge is 2.22. The number of thiazole rings is 1. The Morgan fingerprint density at radius 3 is 2.92 bits per heavy atom. The number of halogens is 1. The predicted octanol–water partition coefficient (Wildman–Crippen LogP) is 2.08. The second-order valence-electron chi connectivity index (χ2n) is 3.07. The molecule has 1 saturated carbocycles. The van der Waals surface area contributed by atoms with Crippen molar-refractivity contribution < 1.29 is 4.79 Å². The Kier molecular flexibility index (Phi) is 2.51. The normalized spacial score (nSPS) is 16.7. The fraction of sp³-hybridized carbons (Fsp3) is 0.500. The molecular weight excluding hydrogens is 208 g/mol. The number of nitrogens with zero attached hydrogens (tertiary/aromatic N) is 1. The lowest BCUT2D eigenvalue weighted by Crippen LogP contribution is -2.39. The average molecular weight is 217 g/mol. The van der Waals surface area contributed by atoms with Crippen molar-refractivity contribution in [3.05, 3.63) is 15.5 Å². The van der Waals surface area contributed by atoms with Gasteiger partial charge in [-0.05, 0) is 19.3 Å². The van der Waals surface area contributed by atoms with Gasteiger partial charge in [0.1, 0.15) is 4.88 Å². The second kappa shape index (κ2) is 3.64. The van der Waals surface area contributed by atoms with Crippen molar-refractivity contribution in [1.82, 2.24) is 10.3 Å². The van der Waals surface area contributed by atoms with E-state index in [1.165, 1.54) is 17.8 Å². The quantitative estimate of drug-likeness (QED) is 0.823. The molecule has 1 aromatic heterocycles. The minimum absolute atomic E-state index is 0.0859. The third kappa shape index (κ3) is 1.84. The van der Waals surface area contributed by atoms with Crippen LogP contribution in [0.5, 0.6) is 0 Å². The van der Waals surface area contributed by atoms with Crippen molar-refractivity contribution in [2.75, 3.05) is 0 Å². The summed E-state index contributed by atoms with van der Waals surface area (Å²) in [6.45, 7) is 0. The Labute approximate surface area is 85.1 Å². The number of carbonyl (C=O) groups is 1. The van der Waals surface area contributed by atoms with Gasteiger partial charge in [-0.15, -0.1) is 11.3 Å². The number of nitrogens with one attached hydrogen (secondary N) is 1. The first-order valence-electron chi connectivity index (χ1n) is 4.17. The Morgan fingerprint density at radius 2 is 2.46 bits per heavy atom. The minimum atomic E-state index is -0.0859. The first-order chi connectivity index (χ1) is 6.27. The molecule has 1 aliphatic carbocycles. The van der Waals surface area contributed by atoms with E-state index in [1.807, 2.05) is 0 Å². The zero-order valence-electron chi connectivity index (χ0n) is 6.92. The molecule has 1 fully saturated rings. The number of rotatable bonds is 2. The predicted molar refractivity (Wildman–Crippen MR) is 52.2 cm³/mol. The maximum Gasteiger partial charge on any atom is 0.264 e. The molecule has 1 heterocycles. The standard InChI is InChI=1S/C8H9ClN2OS/c9-7-6(13-4-10-7)8(12)11-5-2-1-3-5/h4-5H,1-3H2,(H,11,12). The summed E-state index contributed by atoms with van der Waals surface area (Å²) in [5, 5.41) is 3.21. The number of amides is 1. The minimum Gasteiger partial charge on any atom is -0.349 e. The second-order valence-corrected chi connectivity index (χ2v) is 4.29. The number of hydrogen-bond donors (Lipinski definition) is 1. The molecule has 0 aliphatic heterocycles. The number of aromatic nitrogens is 1. The van der Waals surface area contributed by atoms with Crippen molar-refractivity contribution in [2.45, 2.75) is 25.3 Å². The van der Waals surface area contributed by atoms with E-state index in [4.69, 9.17) is 11.6 Å². The fourth-order valence-corrected chi connectivity index (χ4v) is 2.09. The number of hydrogen-bond acceptors (Lipinski definition) is 3. The van der Waals surface area contributed by atoms with Crippen molar-refractivity contribution >= 4 is 28.8 Å². The van der Waals surface area contributed by atoms with Gasteiger partial charge in [-0.25, -0.2) is 4.98 Å². The van der Waals surface area contributed by atoms with E-state index in [9.17, 15) is 4.79 Å². The molecule has 3 nitrogen and oxygen atoms in total. The summed E-state index contributed by atoms with van der Waals surface area (Å²) >= 11 is 7.00. The smallest absolute Gasteiger partial charge is 0.264 e. The lowest BCUT2D eigenvalue weighted by Gasteiger charge is -2.25. The van der Waals surface area contributed by atoms with Crippen molar-refractivity contribution in [2.24, 2.45) is 0 Å². The summed E-state index contributed by atoms with van der Waals surface area (Å²) in [6, 6.07) is 0.352. The molecule has 1 amide bonds. The molecule has 0 atom stereocenters. The zero-order chi connectivity index (χ0) is 9.26.